The maximum atomic E-state index is 12.4. The van der Waals surface area contributed by atoms with Crippen molar-refractivity contribution in [3.05, 3.63) is 52.8 Å². The van der Waals surface area contributed by atoms with Crippen LogP contribution in [-0.4, -0.2) is 15.4 Å². The van der Waals surface area contributed by atoms with Gasteiger partial charge in [0, 0.05) is 11.9 Å². The van der Waals surface area contributed by atoms with Crippen molar-refractivity contribution >= 4 is 32.7 Å². The van der Waals surface area contributed by atoms with Crippen molar-refractivity contribution in [2.75, 3.05) is 6.26 Å². The van der Waals surface area contributed by atoms with Crippen LogP contribution in [0.2, 0.25) is 0 Å². The highest BCUT2D eigenvalue weighted by Gasteiger charge is 2.17. The van der Waals surface area contributed by atoms with E-state index in [-0.39, 0.29) is 5.43 Å². The van der Waals surface area contributed by atoms with E-state index in [0.717, 1.165) is 16.0 Å². The Hall–Kier alpha value is -1.56. The number of hydrogen-bond acceptors (Lipinski definition) is 3. The minimum atomic E-state index is -1.27. The molecule has 3 rings (SSSR count). The lowest BCUT2D eigenvalue weighted by Gasteiger charge is -2.06. The summed E-state index contributed by atoms with van der Waals surface area (Å²) in [6, 6.07) is 12.0. The molecule has 2 aromatic heterocycles. The van der Waals surface area contributed by atoms with Crippen molar-refractivity contribution in [3.63, 3.8) is 0 Å². The molecule has 1 atom stereocenters. The van der Waals surface area contributed by atoms with Crippen LogP contribution in [0.4, 0.5) is 0 Å². The van der Waals surface area contributed by atoms with Gasteiger partial charge in [-0.15, -0.1) is 11.3 Å². The van der Waals surface area contributed by atoms with E-state index in [4.69, 9.17) is 0 Å². The van der Waals surface area contributed by atoms with Crippen molar-refractivity contribution in [2.45, 2.75) is 4.90 Å². The lowest BCUT2D eigenvalue weighted by molar-refractivity contribution is 0.599. The fourth-order valence-corrected chi connectivity index (χ4v) is 4.06. The second-order valence-corrected chi connectivity index (χ2v) is 6.98. The molecule has 1 aromatic carbocycles. The van der Waals surface area contributed by atoms with E-state index in [1.165, 1.54) is 17.6 Å². The third-order valence-electron chi connectivity index (χ3n) is 3.20. The summed E-state index contributed by atoms with van der Waals surface area (Å²) in [5, 5.41) is 0. The molecular formula is C15H13NO2S2. The number of aryl methyl sites for hydroxylation is 1. The molecule has 0 saturated heterocycles. The number of hydrogen-bond donors (Lipinski definition) is 0. The van der Waals surface area contributed by atoms with Gasteiger partial charge in [0.1, 0.15) is 11.0 Å². The van der Waals surface area contributed by atoms with Gasteiger partial charge in [-0.05, 0) is 22.8 Å². The Labute approximate surface area is 123 Å². The van der Waals surface area contributed by atoms with E-state index < -0.39 is 11.2 Å². The highest BCUT2D eigenvalue weighted by Crippen LogP contribution is 2.32. The Morgan fingerprint density at radius 1 is 1.25 bits per heavy atom. The summed E-state index contributed by atoms with van der Waals surface area (Å²) in [5.41, 5.74) is 1.85. The molecule has 5 heteroatoms. The molecule has 0 fully saturated rings. The van der Waals surface area contributed by atoms with E-state index in [2.05, 4.69) is 0 Å². The maximum Gasteiger partial charge on any atom is 0.254 e. The van der Waals surface area contributed by atoms with Crippen molar-refractivity contribution in [2.24, 2.45) is 7.05 Å². The summed E-state index contributed by atoms with van der Waals surface area (Å²) in [6.45, 7) is 0. The predicted octanol–water partition coefficient (Wildman–Crippen LogP) is 3.00. The zero-order valence-electron chi connectivity index (χ0n) is 11.1. The van der Waals surface area contributed by atoms with Crippen LogP contribution in [0.1, 0.15) is 0 Å². The Balaban J connectivity index is 2.29. The second kappa shape index (κ2) is 5.09. The molecule has 2 heterocycles. The zero-order chi connectivity index (χ0) is 14.3. The lowest BCUT2D eigenvalue weighted by atomic mass is 10.2. The molecular weight excluding hydrogens is 290 g/mol. The van der Waals surface area contributed by atoms with Gasteiger partial charge < -0.3 is 9.12 Å². The Morgan fingerprint density at radius 3 is 2.60 bits per heavy atom. The molecule has 0 spiro atoms. The summed E-state index contributed by atoms with van der Waals surface area (Å²) in [4.78, 5) is 13.8. The van der Waals surface area contributed by atoms with Crippen LogP contribution in [0.5, 0.6) is 0 Å². The molecule has 102 valence electrons. The summed E-state index contributed by atoms with van der Waals surface area (Å²) in [5.74, 6) is 0. The second-order valence-electron chi connectivity index (χ2n) is 4.58. The first-order chi connectivity index (χ1) is 9.58. The van der Waals surface area contributed by atoms with Gasteiger partial charge in [-0.3, -0.25) is 4.79 Å². The summed E-state index contributed by atoms with van der Waals surface area (Å²) < 4.78 is 14.2. The number of fused-ring (bicyclic) bond motifs is 1. The first-order valence-corrected chi connectivity index (χ1v) is 8.47. The van der Waals surface area contributed by atoms with Gasteiger partial charge in [-0.1, -0.05) is 30.3 Å². The zero-order valence-corrected chi connectivity index (χ0v) is 12.8. The van der Waals surface area contributed by atoms with Crippen LogP contribution >= 0.6 is 11.3 Å². The van der Waals surface area contributed by atoms with Gasteiger partial charge in [-0.25, -0.2) is 0 Å². The molecule has 0 aliphatic carbocycles. The quantitative estimate of drug-likeness (QED) is 0.683. The summed E-state index contributed by atoms with van der Waals surface area (Å²) in [7, 11) is 1.87. The summed E-state index contributed by atoms with van der Waals surface area (Å²) >= 11 is 0.186. The number of benzene rings is 1. The number of nitrogens with zero attached hydrogens (tertiary/aromatic N) is 1. The molecule has 0 aliphatic heterocycles. The highest BCUT2D eigenvalue weighted by molar-refractivity contribution is 7.90. The molecule has 3 nitrogen and oxygen atoms in total. The minimum Gasteiger partial charge on any atom is -0.612 e. The molecule has 0 amide bonds. The van der Waals surface area contributed by atoms with Gasteiger partial charge >= 0.3 is 0 Å². The van der Waals surface area contributed by atoms with Crippen LogP contribution < -0.4 is 5.43 Å². The molecule has 0 aliphatic rings. The third-order valence-corrected chi connectivity index (χ3v) is 5.28. The van der Waals surface area contributed by atoms with E-state index in [0.29, 0.717) is 9.60 Å². The summed E-state index contributed by atoms with van der Waals surface area (Å²) in [6.07, 6.45) is 3.20. The Kier molecular flexibility index (Phi) is 3.41. The number of thiophene rings is 1. The first kappa shape index (κ1) is 13.4. The topological polar surface area (TPSA) is 45.1 Å². The van der Waals surface area contributed by atoms with Crippen LogP contribution in [-0.2, 0) is 18.2 Å². The van der Waals surface area contributed by atoms with Gasteiger partial charge in [0.15, 0.2) is 0 Å². The number of rotatable bonds is 2. The smallest absolute Gasteiger partial charge is 0.254 e. The van der Waals surface area contributed by atoms with E-state index in [1.54, 1.807) is 6.20 Å². The number of aromatic nitrogens is 1. The highest BCUT2D eigenvalue weighted by atomic mass is 32.2. The number of pyridine rings is 1. The lowest BCUT2D eigenvalue weighted by Crippen LogP contribution is -2.15. The Bertz CT molecular complexity index is 819. The van der Waals surface area contributed by atoms with Crippen molar-refractivity contribution in [1.29, 1.82) is 0 Å². The molecule has 20 heavy (non-hydrogen) atoms. The van der Waals surface area contributed by atoms with E-state index in [9.17, 15) is 9.35 Å². The van der Waals surface area contributed by atoms with E-state index in [1.807, 2.05) is 48.0 Å². The fraction of sp³-hybridized carbons (Fsp3) is 0.133. The van der Waals surface area contributed by atoms with Crippen LogP contribution in [0.3, 0.4) is 0 Å². The standard InChI is InChI=1S/C15H13NO2S2/c1-16-9-13(20(2)18)14(17)15-11(16)8-12(19-15)10-6-4-3-5-7-10/h3-9H,1-2H3. The first-order valence-electron chi connectivity index (χ1n) is 6.10. The normalized spacial score (nSPS) is 12.8. The van der Waals surface area contributed by atoms with Crippen molar-refractivity contribution in [3.8, 4) is 10.4 Å². The molecule has 0 saturated carbocycles. The largest absolute Gasteiger partial charge is 0.612 e. The molecule has 1 unspecified atom stereocenters. The van der Waals surface area contributed by atoms with Gasteiger partial charge in [0.25, 0.3) is 5.43 Å². The minimum absolute atomic E-state index is 0.119. The SMILES string of the molecule is Cn1cc([S+](C)[O-])c(=O)c2sc(-c3ccccc3)cc21. The molecule has 3 aromatic rings. The van der Waals surface area contributed by atoms with Gasteiger partial charge in [-0.2, -0.15) is 0 Å². The van der Waals surface area contributed by atoms with Crippen molar-refractivity contribution < 1.29 is 4.55 Å². The van der Waals surface area contributed by atoms with Crippen LogP contribution in [0.15, 0.2) is 52.3 Å². The molecule has 0 N–H and O–H groups in total. The van der Waals surface area contributed by atoms with Gasteiger partial charge in [0.05, 0.1) is 11.7 Å². The molecule has 0 radical (unpaired) electrons. The average Bonchev–Trinajstić information content (AvgIpc) is 2.89. The van der Waals surface area contributed by atoms with Crippen LogP contribution in [0, 0.1) is 0 Å². The predicted molar refractivity (Wildman–Crippen MR) is 84.8 cm³/mol. The molecule has 0 bridgehead atoms. The van der Waals surface area contributed by atoms with Crippen LogP contribution in [0.25, 0.3) is 20.7 Å². The van der Waals surface area contributed by atoms with Crippen molar-refractivity contribution in [1.82, 2.24) is 4.57 Å². The third kappa shape index (κ3) is 2.18. The fourth-order valence-electron chi connectivity index (χ4n) is 2.17. The average molecular weight is 303 g/mol. The monoisotopic (exact) mass is 303 g/mol. The van der Waals surface area contributed by atoms with E-state index >= 15 is 0 Å². The Morgan fingerprint density at radius 2 is 1.95 bits per heavy atom. The van der Waals surface area contributed by atoms with Gasteiger partial charge in [0.2, 0.25) is 4.90 Å². The maximum absolute atomic E-state index is 12.4.